The van der Waals surface area contributed by atoms with Crippen LogP contribution in [0.15, 0.2) is 54.6 Å². The molecule has 3 rings (SSSR count). The summed E-state index contributed by atoms with van der Waals surface area (Å²) in [7, 11) is 0. The molecule has 1 aliphatic carbocycles. The maximum atomic E-state index is 13.2. The number of rotatable bonds is 6. The lowest BCUT2D eigenvalue weighted by Gasteiger charge is -2.31. The maximum absolute atomic E-state index is 13.2. The molecule has 0 aliphatic heterocycles. The highest BCUT2D eigenvalue weighted by molar-refractivity contribution is 5.94. The smallest absolute Gasteiger partial charge is 0.251 e. The van der Waals surface area contributed by atoms with E-state index in [4.69, 9.17) is 0 Å². The van der Waals surface area contributed by atoms with Gasteiger partial charge in [-0.25, -0.2) is 4.39 Å². The highest BCUT2D eigenvalue weighted by Crippen LogP contribution is 2.38. The average Bonchev–Trinajstić information content (AvgIpc) is 3.12. The van der Waals surface area contributed by atoms with Gasteiger partial charge in [-0.15, -0.1) is 0 Å². The van der Waals surface area contributed by atoms with Crippen molar-refractivity contribution in [3.8, 4) is 0 Å². The van der Waals surface area contributed by atoms with Crippen molar-refractivity contribution in [3.63, 3.8) is 0 Å². The van der Waals surface area contributed by atoms with E-state index in [1.165, 1.54) is 12.1 Å². The van der Waals surface area contributed by atoms with E-state index in [2.05, 4.69) is 10.6 Å². The fourth-order valence-corrected chi connectivity index (χ4v) is 3.54. The highest BCUT2D eigenvalue weighted by Gasteiger charge is 2.36. The number of hydrogen-bond acceptors (Lipinski definition) is 2. The lowest BCUT2D eigenvalue weighted by molar-refractivity contribution is -0.123. The van der Waals surface area contributed by atoms with Crippen LogP contribution in [0.1, 0.15) is 48.0 Å². The number of carbonyl (C=O) groups excluding carboxylic acids is 2. The predicted octanol–water partition coefficient (Wildman–Crippen LogP) is 3.53. The van der Waals surface area contributed by atoms with Gasteiger partial charge in [-0.2, -0.15) is 0 Å². The Bertz CT molecular complexity index is 753. The molecule has 0 bridgehead atoms. The maximum Gasteiger partial charge on any atom is 0.251 e. The van der Waals surface area contributed by atoms with Gasteiger partial charge in [0.25, 0.3) is 5.91 Å². The van der Waals surface area contributed by atoms with Gasteiger partial charge >= 0.3 is 0 Å². The first-order valence-corrected chi connectivity index (χ1v) is 8.99. The van der Waals surface area contributed by atoms with Gasteiger partial charge in [0.15, 0.2) is 0 Å². The molecule has 2 N–H and O–H groups in total. The van der Waals surface area contributed by atoms with Crippen LogP contribution in [0.4, 0.5) is 4.39 Å². The summed E-state index contributed by atoms with van der Waals surface area (Å²) in [6, 6.07) is 15.3. The molecule has 0 spiro atoms. The van der Waals surface area contributed by atoms with Crippen molar-refractivity contribution < 1.29 is 14.0 Å². The summed E-state index contributed by atoms with van der Waals surface area (Å²) in [5, 5.41) is 5.89. The Kier molecular flexibility index (Phi) is 5.66. The van der Waals surface area contributed by atoms with Crippen molar-refractivity contribution in [1.82, 2.24) is 10.6 Å². The zero-order chi connectivity index (χ0) is 18.4. The van der Waals surface area contributed by atoms with Crippen LogP contribution >= 0.6 is 0 Å². The van der Waals surface area contributed by atoms with Crippen LogP contribution in [0, 0.1) is 5.82 Å². The SMILES string of the molecule is O=C(CCNC(=O)c1ccccc1)NC1(c2ccc(F)cc2)CCCC1. The minimum atomic E-state index is -0.422. The summed E-state index contributed by atoms with van der Waals surface area (Å²) in [5.74, 6) is -0.575. The molecule has 26 heavy (non-hydrogen) atoms. The van der Waals surface area contributed by atoms with E-state index in [0.29, 0.717) is 5.56 Å². The number of halogens is 1. The third kappa shape index (κ3) is 4.28. The van der Waals surface area contributed by atoms with E-state index in [1.54, 1.807) is 36.4 Å². The van der Waals surface area contributed by atoms with Crippen LogP contribution in [0.5, 0.6) is 0 Å². The van der Waals surface area contributed by atoms with Crippen molar-refractivity contribution in [3.05, 3.63) is 71.5 Å². The molecule has 2 amide bonds. The van der Waals surface area contributed by atoms with Gasteiger partial charge in [-0.05, 0) is 42.7 Å². The predicted molar refractivity (Wildman–Crippen MR) is 98.1 cm³/mol. The fraction of sp³-hybridized carbons (Fsp3) is 0.333. The second kappa shape index (κ2) is 8.13. The monoisotopic (exact) mass is 354 g/mol. The standard InChI is InChI=1S/C21H23FN2O2/c22-18-10-8-17(9-11-18)21(13-4-5-14-21)24-19(25)12-15-23-20(26)16-6-2-1-3-7-16/h1-3,6-11H,4-5,12-15H2,(H,23,26)(H,24,25). The number of benzene rings is 2. The molecule has 0 unspecified atom stereocenters. The van der Waals surface area contributed by atoms with Crippen LogP contribution in [-0.2, 0) is 10.3 Å². The Morgan fingerprint density at radius 1 is 0.962 bits per heavy atom. The van der Waals surface area contributed by atoms with Gasteiger partial charge in [0.05, 0.1) is 5.54 Å². The first kappa shape index (κ1) is 18.1. The third-order valence-corrected chi connectivity index (χ3v) is 4.91. The van der Waals surface area contributed by atoms with Gasteiger partial charge in [0, 0.05) is 18.5 Å². The molecule has 0 atom stereocenters. The quantitative estimate of drug-likeness (QED) is 0.834. The van der Waals surface area contributed by atoms with E-state index < -0.39 is 5.54 Å². The summed E-state index contributed by atoms with van der Waals surface area (Å²) in [6.07, 6.45) is 3.97. The Balaban J connectivity index is 1.56. The Hall–Kier alpha value is -2.69. The molecule has 1 saturated carbocycles. The van der Waals surface area contributed by atoms with E-state index in [1.807, 2.05) is 6.07 Å². The van der Waals surface area contributed by atoms with Crippen molar-refractivity contribution in [2.24, 2.45) is 0 Å². The highest BCUT2D eigenvalue weighted by atomic mass is 19.1. The molecule has 0 aromatic heterocycles. The minimum absolute atomic E-state index is 0.107. The van der Waals surface area contributed by atoms with Gasteiger partial charge in [0.1, 0.15) is 5.82 Å². The first-order chi connectivity index (χ1) is 12.6. The number of carbonyl (C=O) groups is 2. The number of hydrogen-bond donors (Lipinski definition) is 2. The molecule has 2 aromatic rings. The van der Waals surface area contributed by atoms with Gasteiger partial charge < -0.3 is 10.6 Å². The van der Waals surface area contributed by atoms with E-state index in [0.717, 1.165) is 31.2 Å². The minimum Gasteiger partial charge on any atom is -0.352 e. The number of nitrogens with one attached hydrogen (secondary N) is 2. The summed E-state index contributed by atoms with van der Waals surface area (Å²) < 4.78 is 13.2. The molecular weight excluding hydrogens is 331 g/mol. The summed E-state index contributed by atoms with van der Waals surface area (Å²) in [4.78, 5) is 24.4. The second-order valence-electron chi connectivity index (χ2n) is 6.72. The zero-order valence-electron chi connectivity index (χ0n) is 14.6. The molecule has 136 valence electrons. The van der Waals surface area contributed by atoms with E-state index >= 15 is 0 Å². The Labute approximate surface area is 152 Å². The molecule has 4 nitrogen and oxygen atoms in total. The van der Waals surface area contributed by atoms with Crippen LogP contribution in [0.25, 0.3) is 0 Å². The summed E-state index contributed by atoms with van der Waals surface area (Å²) >= 11 is 0. The van der Waals surface area contributed by atoms with Crippen molar-refractivity contribution >= 4 is 11.8 Å². The third-order valence-electron chi connectivity index (χ3n) is 4.91. The summed E-state index contributed by atoms with van der Waals surface area (Å²) in [6.45, 7) is 0.277. The van der Waals surface area contributed by atoms with E-state index in [-0.39, 0.29) is 30.6 Å². The van der Waals surface area contributed by atoms with Crippen LogP contribution in [-0.4, -0.2) is 18.4 Å². The Morgan fingerprint density at radius 3 is 2.27 bits per heavy atom. The van der Waals surface area contributed by atoms with Gasteiger partial charge in [-0.1, -0.05) is 43.2 Å². The normalized spacial score (nSPS) is 15.4. The fourth-order valence-electron chi connectivity index (χ4n) is 3.54. The second-order valence-corrected chi connectivity index (χ2v) is 6.72. The van der Waals surface area contributed by atoms with Gasteiger partial charge in [0.2, 0.25) is 5.91 Å². The first-order valence-electron chi connectivity index (χ1n) is 8.99. The Morgan fingerprint density at radius 2 is 1.62 bits per heavy atom. The van der Waals surface area contributed by atoms with Gasteiger partial charge in [-0.3, -0.25) is 9.59 Å². The largest absolute Gasteiger partial charge is 0.352 e. The topological polar surface area (TPSA) is 58.2 Å². The van der Waals surface area contributed by atoms with Crippen molar-refractivity contribution in [2.75, 3.05) is 6.54 Å². The van der Waals surface area contributed by atoms with Crippen LogP contribution in [0.3, 0.4) is 0 Å². The molecule has 1 fully saturated rings. The van der Waals surface area contributed by atoms with E-state index in [9.17, 15) is 14.0 Å². The van der Waals surface area contributed by atoms with Crippen LogP contribution < -0.4 is 10.6 Å². The van der Waals surface area contributed by atoms with Crippen molar-refractivity contribution in [2.45, 2.75) is 37.6 Å². The molecular formula is C21H23FN2O2. The summed E-state index contributed by atoms with van der Waals surface area (Å²) in [5.41, 5.74) is 1.10. The lowest BCUT2D eigenvalue weighted by Crippen LogP contribution is -2.44. The average molecular weight is 354 g/mol. The zero-order valence-corrected chi connectivity index (χ0v) is 14.6. The molecule has 0 saturated heterocycles. The number of amides is 2. The molecule has 5 heteroatoms. The molecule has 1 aliphatic rings. The molecule has 0 radical (unpaired) electrons. The van der Waals surface area contributed by atoms with Crippen molar-refractivity contribution in [1.29, 1.82) is 0 Å². The molecule has 0 heterocycles. The van der Waals surface area contributed by atoms with Crippen LogP contribution in [0.2, 0.25) is 0 Å². The molecule has 2 aromatic carbocycles. The lowest BCUT2D eigenvalue weighted by atomic mass is 9.88.